The second-order valence-electron chi connectivity index (χ2n) is 6.01. The number of ether oxygens (including phenoxy) is 1. The van der Waals surface area contributed by atoms with Gasteiger partial charge in [0, 0.05) is 5.69 Å². The van der Waals surface area contributed by atoms with E-state index in [4.69, 9.17) is 4.74 Å². The van der Waals surface area contributed by atoms with Crippen molar-refractivity contribution in [2.45, 2.75) is 19.4 Å². The first-order valence-corrected chi connectivity index (χ1v) is 8.46. The highest BCUT2D eigenvalue weighted by molar-refractivity contribution is 6.02. The highest BCUT2D eigenvalue weighted by Crippen LogP contribution is 2.31. The number of fused-ring (bicyclic) bond motifs is 3. The zero-order valence-corrected chi connectivity index (χ0v) is 14.2. The molecule has 1 unspecified atom stereocenters. The number of hydrogen-bond donors (Lipinski definition) is 2. The normalized spacial score (nSPS) is 16.0. The molecule has 0 fully saturated rings. The van der Waals surface area contributed by atoms with Crippen LogP contribution in [0.4, 0.5) is 11.6 Å². The summed E-state index contributed by atoms with van der Waals surface area (Å²) in [5.74, 6) is 0.660. The van der Waals surface area contributed by atoms with E-state index in [9.17, 15) is 9.59 Å². The van der Waals surface area contributed by atoms with E-state index < -0.39 is 6.04 Å². The van der Waals surface area contributed by atoms with Crippen LogP contribution in [0, 0.1) is 0 Å². The number of carbonyl (C=O) groups excluding carboxylic acids is 2. The summed E-state index contributed by atoms with van der Waals surface area (Å²) in [6, 6.07) is 14.0. The highest BCUT2D eigenvalue weighted by Gasteiger charge is 2.32. The van der Waals surface area contributed by atoms with Crippen LogP contribution in [-0.2, 0) is 9.59 Å². The zero-order chi connectivity index (χ0) is 18.1. The van der Waals surface area contributed by atoms with Crippen molar-refractivity contribution >= 4 is 34.5 Å². The van der Waals surface area contributed by atoms with Crippen molar-refractivity contribution in [1.29, 1.82) is 0 Å². The van der Waals surface area contributed by atoms with Crippen LogP contribution >= 0.6 is 0 Å². The van der Waals surface area contributed by atoms with Gasteiger partial charge in [0.15, 0.2) is 0 Å². The molecule has 2 heterocycles. The summed E-state index contributed by atoms with van der Waals surface area (Å²) < 4.78 is 7.18. The van der Waals surface area contributed by atoms with Crippen molar-refractivity contribution in [3.05, 3.63) is 48.5 Å². The molecule has 0 saturated heterocycles. The summed E-state index contributed by atoms with van der Waals surface area (Å²) in [5, 5.41) is 5.61. The minimum atomic E-state index is -0.655. The molecule has 2 amide bonds. The minimum Gasteiger partial charge on any atom is -0.494 e. The quantitative estimate of drug-likeness (QED) is 0.757. The number of amides is 2. The maximum Gasteiger partial charge on any atom is 0.248 e. The number of carbonyl (C=O) groups is 2. The van der Waals surface area contributed by atoms with E-state index in [1.54, 1.807) is 28.8 Å². The van der Waals surface area contributed by atoms with Crippen LogP contribution in [0.1, 0.15) is 19.4 Å². The molecule has 0 radical (unpaired) electrons. The van der Waals surface area contributed by atoms with Gasteiger partial charge in [-0.15, -0.1) is 0 Å². The molecule has 1 aliphatic heterocycles. The van der Waals surface area contributed by atoms with Gasteiger partial charge in [-0.1, -0.05) is 12.1 Å². The lowest BCUT2D eigenvalue weighted by atomic mass is 10.1. The average molecular weight is 350 g/mol. The van der Waals surface area contributed by atoms with Gasteiger partial charge in [0.1, 0.15) is 11.8 Å². The third-order valence-corrected chi connectivity index (χ3v) is 4.27. The number of hydrogen-bond acceptors (Lipinski definition) is 4. The van der Waals surface area contributed by atoms with Crippen LogP contribution in [0.15, 0.2) is 48.5 Å². The molecule has 2 N–H and O–H groups in total. The van der Waals surface area contributed by atoms with Crippen LogP contribution in [0.25, 0.3) is 11.0 Å². The molecule has 1 atom stereocenters. The Morgan fingerprint density at radius 2 is 2.04 bits per heavy atom. The van der Waals surface area contributed by atoms with Gasteiger partial charge in [-0.2, -0.15) is 0 Å². The average Bonchev–Trinajstić information content (AvgIpc) is 3.01. The summed E-state index contributed by atoms with van der Waals surface area (Å²) in [6.07, 6.45) is 0.0657. The summed E-state index contributed by atoms with van der Waals surface area (Å²) in [6.45, 7) is 2.50. The summed E-state index contributed by atoms with van der Waals surface area (Å²) in [4.78, 5) is 29.3. The zero-order valence-electron chi connectivity index (χ0n) is 14.2. The van der Waals surface area contributed by atoms with Crippen molar-refractivity contribution in [3.63, 3.8) is 0 Å². The molecule has 1 aliphatic rings. The van der Waals surface area contributed by atoms with Gasteiger partial charge in [0.2, 0.25) is 17.8 Å². The molecule has 132 valence electrons. The fourth-order valence-electron chi connectivity index (χ4n) is 3.13. The summed E-state index contributed by atoms with van der Waals surface area (Å²) in [5.41, 5.74) is 2.20. The second-order valence-corrected chi connectivity index (χ2v) is 6.01. The van der Waals surface area contributed by atoms with Gasteiger partial charge >= 0.3 is 0 Å². The number of benzene rings is 2. The molecule has 3 aromatic rings. The van der Waals surface area contributed by atoms with E-state index in [0.717, 1.165) is 16.8 Å². The number of nitrogens with one attached hydrogen (secondary N) is 2. The molecule has 7 nitrogen and oxygen atoms in total. The first-order chi connectivity index (χ1) is 12.7. The monoisotopic (exact) mass is 350 g/mol. The van der Waals surface area contributed by atoms with Crippen molar-refractivity contribution in [3.8, 4) is 5.75 Å². The topological polar surface area (TPSA) is 85.2 Å². The molecule has 0 saturated carbocycles. The van der Waals surface area contributed by atoms with Gasteiger partial charge in [-0.3, -0.25) is 19.5 Å². The largest absolute Gasteiger partial charge is 0.494 e. The first kappa shape index (κ1) is 16.1. The van der Waals surface area contributed by atoms with E-state index in [0.29, 0.717) is 18.2 Å². The fourth-order valence-corrected chi connectivity index (χ4v) is 3.13. The summed E-state index contributed by atoms with van der Waals surface area (Å²) >= 11 is 0. The Morgan fingerprint density at radius 3 is 2.81 bits per heavy atom. The molecular formula is C19H18N4O3. The maximum absolute atomic E-state index is 12.9. The Balaban J connectivity index is 1.63. The highest BCUT2D eigenvalue weighted by atomic mass is 16.5. The van der Waals surface area contributed by atoms with Gasteiger partial charge in [-0.25, -0.2) is 4.98 Å². The van der Waals surface area contributed by atoms with Crippen LogP contribution in [0.5, 0.6) is 5.75 Å². The van der Waals surface area contributed by atoms with E-state index in [1.165, 1.54) is 0 Å². The minimum absolute atomic E-state index is 0.0657. The van der Waals surface area contributed by atoms with Crippen molar-refractivity contribution in [1.82, 2.24) is 9.55 Å². The van der Waals surface area contributed by atoms with Crippen LogP contribution in [-0.4, -0.2) is 28.0 Å². The number of anilines is 2. The predicted molar refractivity (Wildman–Crippen MR) is 98.3 cm³/mol. The third-order valence-electron chi connectivity index (χ3n) is 4.27. The molecule has 1 aromatic heterocycles. The lowest BCUT2D eigenvalue weighted by Crippen LogP contribution is -2.35. The van der Waals surface area contributed by atoms with Gasteiger partial charge in [0.05, 0.1) is 24.1 Å². The van der Waals surface area contributed by atoms with Crippen molar-refractivity contribution in [2.75, 3.05) is 17.2 Å². The SMILES string of the molecule is CCOc1ccc(NC(=O)C2CC(=O)Nc3nc4ccccc4n32)cc1. The number of nitrogens with zero attached hydrogens (tertiary/aromatic N) is 2. The number of aromatic nitrogens is 2. The fraction of sp³-hybridized carbons (Fsp3) is 0.211. The van der Waals surface area contributed by atoms with E-state index in [2.05, 4.69) is 15.6 Å². The lowest BCUT2D eigenvalue weighted by molar-refractivity contribution is -0.124. The van der Waals surface area contributed by atoms with E-state index in [1.807, 2.05) is 31.2 Å². The number of rotatable bonds is 4. The van der Waals surface area contributed by atoms with E-state index >= 15 is 0 Å². The molecule has 0 bridgehead atoms. The smallest absolute Gasteiger partial charge is 0.248 e. The van der Waals surface area contributed by atoms with Crippen LogP contribution in [0.3, 0.4) is 0 Å². The van der Waals surface area contributed by atoms with Crippen LogP contribution < -0.4 is 15.4 Å². The first-order valence-electron chi connectivity index (χ1n) is 8.46. The van der Waals surface area contributed by atoms with Crippen molar-refractivity contribution < 1.29 is 14.3 Å². The maximum atomic E-state index is 12.9. The lowest BCUT2D eigenvalue weighted by Gasteiger charge is -2.25. The molecule has 2 aromatic carbocycles. The van der Waals surface area contributed by atoms with Crippen LogP contribution in [0.2, 0.25) is 0 Å². The van der Waals surface area contributed by atoms with Crippen molar-refractivity contribution in [2.24, 2.45) is 0 Å². The Labute approximate surface area is 150 Å². The molecular weight excluding hydrogens is 332 g/mol. The Morgan fingerprint density at radius 1 is 1.27 bits per heavy atom. The number of imidazole rings is 1. The Kier molecular flexibility index (Phi) is 4.04. The predicted octanol–water partition coefficient (Wildman–Crippen LogP) is 2.96. The van der Waals surface area contributed by atoms with E-state index in [-0.39, 0.29) is 18.2 Å². The molecule has 7 heteroatoms. The third kappa shape index (κ3) is 2.88. The molecule has 0 spiro atoms. The van der Waals surface area contributed by atoms with Gasteiger partial charge < -0.3 is 10.1 Å². The Bertz CT molecular complexity index is 978. The molecule has 26 heavy (non-hydrogen) atoms. The standard InChI is InChI=1S/C19H18N4O3/c1-2-26-13-9-7-12(8-10-13)20-18(25)16-11-17(24)22-19-21-14-5-3-4-6-15(14)23(16)19/h3-10,16H,2,11H2,1H3,(H,20,25)(H,21,22,24). The second kappa shape index (κ2) is 6.51. The van der Waals surface area contributed by atoms with Gasteiger partial charge in [-0.05, 0) is 43.3 Å². The molecule has 4 rings (SSSR count). The number of para-hydroxylation sites is 2. The summed E-state index contributed by atoms with van der Waals surface area (Å²) in [7, 11) is 0. The Hall–Kier alpha value is -3.35. The van der Waals surface area contributed by atoms with Gasteiger partial charge in [0.25, 0.3) is 0 Å². The molecule has 0 aliphatic carbocycles.